The van der Waals surface area contributed by atoms with Crippen molar-refractivity contribution < 1.29 is 28.8 Å². The molecule has 0 radical (unpaired) electrons. The van der Waals surface area contributed by atoms with Crippen molar-refractivity contribution in [2.24, 2.45) is 5.92 Å². The normalized spacial score (nSPS) is 13.9. The summed E-state index contributed by atoms with van der Waals surface area (Å²) in [7, 11) is -0.683. The summed E-state index contributed by atoms with van der Waals surface area (Å²) in [5.41, 5.74) is 1.88. The van der Waals surface area contributed by atoms with Crippen molar-refractivity contribution >= 4 is 19.9 Å². The second kappa shape index (κ2) is 5.51. The van der Waals surface area contributed by atoms with E-state index in [1.54, 1.807) is 0 Å². The summed E-state index contributed by atoms with van der Waals surface area (Å²) in [4.78, 5) is 20.3. The van der Waals surface area contributed by atoms with Gasteiger partial charge in [-0.15, -0.1) is 0 Å². The molecule has 0 bridgehead atoms. The van der Waals surface area contributed by atoms with Gasteiger partial charge in [0, 0.05) is 0 Å². The summed E-state index contributed by atoms with van der Waals surface area (Å²) in [5, 5.41) is 16.5. The van der Waals surface area contributed by atoms with Gasteiger partial charge in [0.15, 0.2) is 0 Å². The van der Waals surface area contributed by atoms with Crippen LogP contribution in [0.3, 0.4) is 0 Å². The minimum atomic E-state index is -2.28. The summed E-state index contributed by atoms with van der Waals surface area (Å²) < 4.78 is 22.4. The van der Waals surface area contributed by atoms with Gasteiger partial charge in [0.1, 0.15) is 0 Å². The van der Waals surface area contributed by atoms with Crippen LogP contribution in [0.15, 0.2) is 0 Å². The summed E-state index contributed by atoms with van der Waals surface area (Å²) in [6.07, 6.45) is -3.05. The number of halogens is 1. The summed E-state index contributed by atoms with van der Waals surface area (Å²) in [5.74, 6) is -4.66. The molecule has 72 valence electrons. The van der Waals surface area contributed by atoms with Crippen LogP contribution in [0.2, 0.25) is 0 Å². The molecule has 0 aromatic carbocycles. The van der Waals surface area contributed by atoms with E-state index >= 15 is 0 Å². The van der Waals surface area contributed by atoms with Crippen molar-refractivity contribution in [2.45, 2.75) is 12.6 Å². The van der Waals surface area contributed by atoms with E-state index in [0.717, 1.165) is 0 Å². The molecule has 0 aliphatic carbocycles. The molecule has 0 aliphatic heterocycles. The Labute approximate surface area is 73.7 Å². The number of carboxylic acids is 2. The van der Waals surface area contributed by atoms with Gasteiger partial charge < -0.3 is 0 Å². The SMILES string of the molecule is O=P#C[C@@H](C[C@H](F)C(=O)O)C(=O)O. The standard InChI is InChI=1S/C6H6FO5P/c7-4(6(10)11)1-3(2-13-12)5(8)9/h3-4H,1H2,(H,8,9)(H,10,11)/t3-,4+/m1/s1. The zero-order valence-electron chi connectivity index (χ0n) is 6.31. The third-order valence-electron chi connectivity index (χ3n) is 1.22. The summed E-state index contributed by atoms with van der Waals surface area (Å²) >= 11 is 0. The first-order valence-electron chi connectivity index (χ1n) is 3.16. The molecule has 0 saturated carbocycles. The number of rotatable bonds is 4. The van der Waals surface area contributed by atoms with Crippen LogP contribution in [0.25, 0.3) is 0 Å². The zero-order chi connectivity index (χ0) is 10.4. The first-order valence-corrected chi connectivity index (χ1v) is 3.97. The fraction of sp³-hybridized carbons (Fsp3) is 0.500. The fourth-order valence-electron chi connectivity index (χ4n) is 0.580. The molecule has 0 unspecified atom stereocenters. The molecule has 0 rings (SSSR count). The molecular formula is C6H6FO5P. The molecule has 0 aromatic rings. The maximum atomic E-state index is 12.5. The van der Waals surface area contributed by atoms with Crippen LogP contribution in [0, 0.1) is 11.5 Å². The quantitative estimate of drug-likeness (QED) is 0.665. The van der Waals surface area contributed by atoms with Crippen LogP contribution < -0.4 is 0 Å². The number of carbonyl (C=O) groups is 2. The second-order valence-corrected chi connectivity index (χ2v) is 2.59. The predicted octanol–water partition coefficient (Wildman–Crippen LogP) is 0.751. The van der Waals surface area contributed by atoms with E-state index in [9.17, 15) is 18.5 Å². The van der Waals surface area contributed by atoms with Crippen molar-refractivity contribution in [2.75, 3.05) is 0 Å². The van der Waals surface area contributed by atoms with Crippen LogP contribution in [-0.2, 0) is 14.2 Å². The van der Waals surface area contributed by atoms with Gasteiger partial charge in [-0.2, -0.15) is 0 Å². The fourth-order valence-corrected chi connectivity index (χ4v) is 0.923. The zero-order valence-corrected chi connectivity index (χ0v) is 7.20. The maximum absolute atomic E-state index is 12.5. The Morgan fingerprint density at radius 2 is 1.92 bits per heavy atom. The van der Waals surface area contributed by atoms with Gasteiger partial charge in [0.2, 0.25) is 0 Å². The van der Waals surface area contributed by atoms with Gasteiger partial charge in [-0.1, -0.05) is 0 Å². The first-order chi connectivity index (χ1) is 5.99. The van der Waals surface area contributed by atoms with E-state index in [1.165, 1.54) is 0 Å². The van der Waals surface area contributed by atoms with Gasteiger partial charge in [-0.05, 0) is 0 Å². The molecule has 0 spiro atoms. The molecule has 2 atom stereocenters. The van der Waals surface area contributed by atoms with E-state index in [4.69, 9.17) is 10.2 Å². The summed E-state index contributed by atoms with van der Waals surface area (Å²) in [6, 6.07) is 0. The van der Waals surface area contributed by atoms with Gasteiger partial charge in [0.25, 0.3) is 0 Å². The van der Waals surface area contributed by atoms with E-state index < -0.39 is 38.4 Å². The third-order valence-corrected chi connectivity index (χ3v) is 1.63. The molecule has 0 aromatic heterocycles. The first kappa shape index (κ1) is 11.9. The van der Waals surface area contributed by atoms with Crippen molar-refractivity contribution in [3.8, 4) is 5.63 Å². The van der Waals surface area contributed by atoms with Crippen molar-refractivity contribution in [1.82, 2.24) is 0 Å². The second-order valence-electron chi connectivity index (χ2n) is 2.15. The van der Waals surface area contributed by atoms with Gasteiger partial charge in [0.05, 0.1) is 0 Å². The van der Waals surface area contributed by atoms with Crippen LogP contribution in [0.5, 0.6) is 0 Å². The Bertz CT molecular complexity index is 308. The van der Waals surface area contributed by atoms with Crippen molar-refractivity contribution in [3.05, 3.63) is 0 Å². The van der Waals surface area contributed by atoms with Gasteiger partial charge in [-0.3, -0.25) is 0 Å². The number of hydrogen-bond acceptors (Lipinski definition) is 3. The number of hydrogen-bond donors (Lipinski definition) is 2. The molecule has 0 amide bonds. The van der Waals surface area contributed by atoms with Crippen LogP contribution in [0.4, 0.5) is 4.39 Å². The average Bonchev–Trinajstić information content (AvgIpc) is 2.03. The van der Waals surface area contributed by atoms with Crippen molar-refractivity contribution in [1.29, 1.82) is 0 Å². The molecular weight excluding hydrogens is 202 g/mol. The Morgan fingerprint density at radius 3 is 2.23 bits per heavy atom. The van der Waals surface area contributed by atoms with E-state index in [-0.39, 0.29) is 0 Å². The molecule has 5 nitrogen and oxygen atoms in total. The van der Waals surface area contributed by atoms with E-state index in [1.807, 2.05) is 5.63 Å². The van der Waals surface area contributed by atoms with Gasteiger partial charge >= 0.3 is 72.7 Å². The monoisotopic (exact) mass is 208 g/mol. The van der Waals surface area contributed by atoms with E-state index in [2.05, 4.69) is 0 Å². The predicted molar refractivity (Wildman–Crippen MR) is 39.8 cm³/mol. The number of alkyl halides is 1. The molecule has 13 heavy (non-hydrogen) atoms. The Morgan fingerprint density at radius 1 is 1.38 bits per heavy atom. The van der Waals surface area contributed by atoms with Crippen LogP contribution in [-0.4, -0.2) is 28.3 Å². The molecule has 0 aliphatic rings. The van der Waals surface area contributed by atoms with E-state index in [0.29, 0.717) is 0 Å². The Kier molecular flexibility index (Phi) is 5.04. The number of aliphatic carboxylic acids is 2. The number of carboxylic acid groups (broad SMARTS) is 2. The molecule has 2 N–H and O–H groups in total. The third kappa shape index (κ3) is 4.45. The Balaban J connectivity index is 4.41. The summed E-state index contributed by atoms with van der Waals surface area (Å²) in [6.45, 7) is 0. The topological polar surface area (TPSA) is 91.7 Å². The molecule has 0 heterocycles. The average molecular weight is 208 g/mol. The molecule has 7 heteroatoms. The van der Waals surface area contributed by atoms with Crippen molar-refractivity contribution in [3.63, 3.8) is 0 Å². The van der Waals surface area contributed by atoms with Crippen LogP contribution >= 0.6 is 7.92 Å². The molecule has 0 saturated heterocycles. The van der Waals surface area contributed by atoms with Gasteiger partial charge in [-0.25, -0.2) is 0 Å². The molecule has 0 fully saturated rings. The van der Waals surface area contributed by atoms with Crippen LogP contribution in [0.1, 0.15) is 6.42 Å². The minimum absolute atomic E-state index is 0.683. The Hall–Kier alpha value is -1.12.